The number of rotatable bonds is 4. The van der Waals surface area contributed by atoms with Gasteiger partial charge in [0.1, 0.15) is 0 Å². The van der Waals surface area contributed by atoms with E-state index in [1.807, 2.05) is 7.05 Å². The first-order valence-electron chi connectivity index (χ1n) is 3.81. The maximum atomic E-state index is 3.17. The maximum Gasteiger partial charge on any atom is -0.00261 e. The van der Waals surface area contributed by atoms with Crippen molar-refractivity contribution in [2.24, 2.45) is 11.8 Å². The first-order chi connectivity index (χ1) is 4.16. The van der Waals surface area contributed by atoms with Gasteiger partial charge in [-0.3, -0.25) is 0 Å². The molecule has 1 heteroatoms. The Balaban J connectivity index is 3.15. The standard InChI is InChI=1S/C8H19N/c1-7(2)5-8(3)6-9-4/h7-9H,5-6H2,1-4H3/t8-/m0/s1. The highest BCUT2D eigenvalue weighted by Gasteiger charge is 2.01. The smallest absolute Gasteiger partial charge is 0.00261 e. The van der Waals surface area contributed by atoms with Crippen LogP contribution in [0.1, 0.15) is 27.2 Å². The van der Waals surface area contributed by atoms with Crippen molar-refractivity contribution >= 4 is 0 Å². The number of hydrogen-bond donors (Lipinski definition) is 1. The van der Waals surface area contributed by atoms with Crippen LogP contribution < -0.4 is 5.32 Å². The molecule has 9 heavy (non-hydrogen) atoms. The fourth-order valence-corrected chi connectivity index (χ4v) is 1.24. The molecule has 1 N–H and O–H groups in total. The van der Waals surface area contributed by atoms with E-state index in [-0.39, 0.29) is 0 Å². The molecule has 0 spiro atoms. The molecule has 0 saturated carbocycles. The van der Waals surface area contributed by atoms with Crippen LogP contribution in [0.15, 0.2) is 0 Å². The Morgan fingerprint density at radius 1 is 1.22 bits per heavy atom. The van der Waals surface area contributed by atoms with Crippen LogP contribution in [-0.4, -0.2) is 13.6 Å². The van der Waals surface area contributed by atoms with E-state index in [1.54, 1.807) is 0 Å². The van der Waals surface area contributed by atoms with E-state index in [9.17, 15) is 0 Å². The van der Waals surface area contributed by atoms with Gasteiger partial charge in [-0.2, -0.15) is 0 Å². The van der Waals surface area contributed by atoms with Crippen LogP contribution >= 0.6 is 0 Å². The normalized spacial score (nSPS) is 14.3. The van der Waals surface area contributed by atoms with Gasteiger partial charge in [-0.1, -0.05) is 20.8 Å². The van der Waals surface area contributed by atoms with E-state index in [2.05, 4.69) is 26.1 Å². The van der Waals surface area contributed by atoms with Gasteiger partial charge in [0.05, 0.1) is 0 Å². The van der Waals surface area contributed by atoms with E-state index in [0.717, 1.165) is 18.4 Å². The molecule has 0 saturated heterocycles. The van der Waals surface area contributed by atoms with E-state index in [1.165, 1.54) is 6.42 Å². The van der Waals surface area contributed by atoms with Crippen molar-refractivity contribution in [1.29, 1.82) is 0 Å². The Labute approximate surface area is 58.8 Å². The summed E-state index contributed by atoms with van der Waals surface area (Å²) in [5.74, 6) is 1.67. The van der Waals surface area contributed by atoms with Crippen molar-refractivity contribution in [2.75, 3.05) is 13.6 Å². The molecule has 0 unspecified atom stereocenters. The van der Waals surface area contributed by atoms with Gasteiger partial charge in [-0.15, -0.1) is 0 Å². The summed E-state index contributed by atoms with van der Waals surface area (Å²) in [6, 6.07) is 0. The van der Waals surface area contributed by atoms with Crippen LogP contribution in [0.25, 0.3) is 0 Å². The highest BCUT2D eigenvalue weighted by atomic mass is 14.8. The van der Waals surface area contributed by atoms with E-state index in [4.69, 9.17) is 0 Å². The largest absolute Gasteiger partial charge is 0.319 e. The predicted molar refractivity (Wildman–Crippen MR) is 42.5 cm³/mol. The lowest BCUT2D eigenvalue weighted by Crippen LogP contribution is -2.17. The van der Waals surface area contributed by atoms with E-state index < -0.39 is 0 Å². The zero-order valence-electron chi connectivity index (χ0n) is 7.07. The van der Waals surface area contributed by atoms with Crippen molar-refractivity contribution in [3.63, 3.8) is 0 Å². The molecule has 0 fully saturated rings. The van der Waals surface area contributed by atoms with E-state index in [0.29, 0.717) is 0 Å². The number of hydrogen-bond acceptors (Lipinski definition) is 1. The molecule has 0 aliphatic carbocycles. The molecule has 0 aromatic heterocycles. The molecule has 0 heterocycles. The van der Waals surface area contributed by atoms with Gasteiger partial charge in [-0.25, -0.2) is 0 Å². The average molecular weight is 129 g/mol. The summed E-state index contributed by atoms with van der Waals surface area (Å²) in [4.78, 5) is 0. The Kier molecular flexibility index (Phi) is 4.78. The molecule has 1 atom stereocenters. The quantitative estimate of drug-likeness (QED) is 0.611. The molecule has 0 aliphatic heterocycles. The molecule has 0 aromatic rings. The predicted octanol–water partition coefficient (Wildman–Crippen LogP) is 1.89. The van der Waals surface area contributed by atoms with Gasteiger partial charge in [0.2, 0.25) is 0 Å². The fraction of sp³-hybridized carbons (Fsp3) is 1.00. The van der Waals surface area contributed by atoms with Gasteiger partial charge in [0.15, 0.2) is 0 Å². The Morgan fingerprint density at radius 2 is 1.78 bits per heavy atom. The summed E-state index contributed by atoms with van der Waals surface area (Å²) >= 11 is 0. The highest BCUT2D eigenvalue weighted by Crippen LogP contribution is 2.08. The summed E-state index contributed by atoms with van der Waals surface area (Å²) in [7, 11) is 2.01. The zero-order chi connectivity index (χ0) is 7.28. The first-order valence-corrected chi connectivity index (χ1v) is 3.81. The molecule has 0 rings (SSSR count). The summed E-state index contributed by atoms with van der Waals surface area (Å²) < 4.78 is 0. The summed E-state index contributed by atoms with van der Waals surface area (Å²) in [5.41, 5.74) is 0. The third-order valence-electron chi connectivity index (χ3n) is 1.43. The molecule has 0 radical (unpaired) electrons. The minimum Gasteiger partial charge on any atom is -0.319 e. The van der Waals surface area contributed by atoms with Crippen molar-refractivity contribution < 1.29 is 0 Å². The van der Waals surface area contributed by atoms with Crippen molar-refractivity contribution in [1.82, 2.24) is 5.32 Å². The Hall–Kier alpha value is -0.0400. The van der Waals surface area contributed by atoms with Crippen LogP contribution in [0.4, 0.5) is 0 Å². The third-order valence-corrected chi connectivity index (χ3v) is 1.43. The maximum absolute atomic E-state index is 3.17. The molecule has 0 bridgehead atoms. The molecule has 0 aliphatic rings. The van der Waals surface area contributed by atoms with Crippen LogP contribution in [0.3, 0.4) is 0 Å². The minimum absolute atomic E-state index is 0.829. The second kappa shape index (κ2) is 4.80. The second-order valence-corrected chi connectivity index (χ2v) is 3.29. The monoisotopic (exact) mass is 129 g/mol. The molecule has 1 nitrogen and oxygen atoms in total. The lowest BCUT2D eigenvalue weighted by molar-refractivity contribution is 0.426. The Morgan fingerprint density at radius 3 is 2.11 bits per heavy atom. The van der Waals surface area contributed by atoms with Crippen molar-refractivity contribution in [2.45, 2.75) is 27.2 Å². The van der Waals surface area contributed by atoms with Gasteiger partial charge < -0.3 is 5.32 Å². The van der Waals surface area contributed by atoms with Gasteiger partial charge in [0.25, 0.3) is 0 Å². The molecular formula is C8H19N. The molecule has 0 aromatic carbocycles. The van der Waals surface area contributed by atoms with Crippen molar-refractivity contribution in [3.8, 4) is 0 Å². The summed E-state index contributed by atoms with van der Waals surface area (Å²) in [6.07, 6.45) is 1.33. The minimum atomic E-state index is 0.829. The first kappa shape index (κ1) is 8.96. The van der Waals surface area contributed by atoms with Gasteiger partial charge in [0, 0.05) is 0 Å². The zero-order valence-corrected chi connectivity index (χ0v) is 7.07. The topological polar surface area (TPSA) is 12.0 Å². The van der Waals surface area contributed by atoms with Crippen LogP contribution in [-0.2, 0) is 0 Å². The second-order valence-electron chi connectivity index (χ2n) is 3.29. The summed E-state index contributed by atoms with van der Waals surface area (Å²) in [6.45, 7) is 7.98. The average Bonchev–Trinajstić information content (AvgIpc) is 1.63. The Bertz CT molecular complexity index is 59.6. The van der Waals surface area contributed by atoms with Crippen LogP contribution in [0.5, 0.6) is 0 Å². The SMILES string of the molecule is CNC[C@@H](C)CC(C)C. The number of nitrogens with one attached hydrogen (secondary N) is 1. The van der Waals surface area contributed by atoms with Crippen molar-refractivity contribution in [3.05, 3.63) is 0 Å². The van der Waals surface area contributed by atoms with Gasteiger partial charge in [-0.05, 0) is 31.8 Å². The lowest BCUT2D eigenvalue weighted by Gasteiger charge is -2.12. The fourth-order valence-electron chi connectivity index (χ4n) is 1.24. The summed E-state index contributed by atoms with van der Waals surface area (Å²) in [5, 5.41) is 3.17. The third kappa shape index (κ3) is 5.84. The van der Waals surface area contributed by atoms with Gasteiger partial charge >= 0.3 is 0 Å². The highest BCUT2D eigenvalue weighted by molar-refractivity contribution is 4.56. The molecule has 56 valence electrons. The lowest BCUT2D eigenvalue weighted by atomic mass is 9.99. The van der Waals surface area contributed by atoms with Crippen LogP contribution in [0.2, 0.25) is 0 Å². The molecule has 0 amide bonds. The van der Waals surface area contributed by atoms with E-state index >= 15 is 0 Å². The van der Waals surface area contributed by atoms with Crippen LogP contribution in [0, 0.1) is 11.8 Å². The molecular weight excluding hydrogens is 110 g/mol.